The number of para-hydroxylation sites is 1. The van der Waals surface area contributed by atoms with Gasteiger partial charge in [-0.25, -0.2) is 0 Å². The molecule has 0 aromatic heterocycles. The normalized spacial score (nSPS) is 18.1. The maximum absolute atomic E-state index is 2.53. The molecule has 7 aromatic rings. The molecule has 1 heteroatoms. The third-order valence-electron chi connectivity index (χ3n) is 12.3. The molecule has 0 saturated heterocycles. The van der Waals surface area contributed by atoms with Crippen molar-refractivity contribution in [1.82, 2.24) is 0 Å². The quantitative estimate of drug-likeness (QED) is 0.182. The monoisotopic (exact) mass is 655 g/mol. The van der Waals surface area contributed by atoms with Crippen molar-refractivity contribution in [2.24, 2.45) is 0 Å². The van der Waals surface area contributed by atoms with Gasteiger partial charge >= 0.3 is 0 Å². The largest absolute Gasteiger partial charge is 0.310 e. The van der Waals surface area contributed by atoms with Crippen LogP contribution in [0, 0.1) is 0 Å². The summed E-state index contributed by atoms with van der Waals surface area (Å²) in [7, 11) is 0. The molecule has 0 fully saturated rings. The van der Waals surface area contributed by atoms with Crippen molar-refractivity contribution >= 4 is 17.1 Å². The first-order chi connectivity index (χ1) is 24.8. The summed E-state index contributed by atoms with van der Waals surface area (Å²) in [6.07, 6.45) is 1.04. The van der Waals surface area contributed by atoms with E-state index >= 15 is 0 Å². The van der Waals surface area contributed by atoms with Crippen LogP contribution in [-0.4, -0.2) is 0 Å². The van der Waals surface area contributed by atoms with Crippen molar-refractivity contribution in [3.05, 3.63) is 197 Å². The highest BCUT2D eigenvalue weighted by molar-refractivity contribution is 5.93. The fourth-order valence-corrected chi connectivity index (χ4v) is 10.1. The molecule has 3 aliphatic carbocycles. The minimum atomic E-state index is -0.214. The van der Waals surface area contributed by atoms with E-state index in [1.165, 1.54) is 83.8 Å². The van der Waals surface area contributed by atoms with E-state index in [-0.39, 0.29) is 16.2 Å². The highest BCUT2D eigenvalue weighted by atomic mass is 15.1. The standard InChI is InChI=1S/C50H41N/c1-48(2)32-50(44-24-14-13-23-43(44)48)42-22-12-9-20-38(42)40-29-27-35(31-46(40)50)51(47-25-15-10-18-36(47)33-16-6-5-7-17-33)34-26-28-39-37-19-8-11-21-41(37)49(3,4)45(39)30-34/h5-31H,32H2,1-4H3. The molecule has 3 aliphatic rings. The number of hydrogen-bond acceptors (Lipinski definition) is 1. The first kappa shape index (κ1) is 30.2. The lowest BCUT2D eigenvalue weighted by Crippen LogP contribution is -2.26. The van der Waals surface area contributed by atoms with Gasteiger partial charge in [-0.1, -0.05) is 161 Å². The molecule has 0 saturated carbocycles. The molecule has 246 valence electrons. The molecule has 1 nitrogen and oxygen atoms in total. The minimum Gasteiger partial charge on any atom is -0.310 e. The zero-order chi connectivity index (χ0) is 34.5. The Morgan fingerprint density at radius 2 is 0.882 bits per heavy atom. The van der Waals surface area contributed by atoms with Crippen LogP contribution < -0.4 is 4.90 Å². The van der Waals surface area contributed by atoms with E-state index in [2.05, 4.69) is 196 Å². The van der Waals surface area contributed by atoms with Crippen LogP contribution in [0.3, 0.4) is 0 Å². The van der Waals surface area contributed by atoms with Gasteiger partial charge in [0.15, 0.2) is 0 Å². The molecule has 1 atom stereocenters. The number of fused-ring (bicyclic) bond motifs is 10. The molecule has 10 rings (SSSR count). The van der Waals surface area contributed by atoms with Crippen LogP contribution in [-0.2, 0) is 16.2 Å². The Kier molecular flexibility index (Phi) is 6.32. The van der Waals surface area contributed by atoms with Gasteiger partial charge in [-0.2, -0.15) is 0 Å². The number of benzene rings is 7. The third kappa shape index (κ3) is 4.15. The third-order valence-corrected chi connectivity index (χ3v) is 12.3. The number of hydrogen-bond donors (Lipinski definition) is 0. The fraction of sp³-hybridized carbons (Fsp3) is 0.160. The Bertz CT molecular complexity index is 2520. The number of nitrogens with zero attached hydrogens (tertiary/aromatic N) is 1. The molecule has 1 spiro atoms. The van der Waals surface area contributed by atoms with Gasteiger partial charge in [-0.3, -0.25) is 0 Å². The minimum absolute atomic E-state index is 0.0431. The van der Waals surface area contributed by atoms with E-state index in [0.29, 0.717) is 0 Å². The van der Waals surface area contributed by atoms with Crippen LogP contribution in [0.25, 0.3) is 33.4 Å². The fourth-order valence-electron chi connectivity index (χ4n) is 10.1. The smallest absolute Gasteiger partial charge is 0.0540 e. The second-order valence-electron chi connectivity index (χ2n) is 15.9. The van der Waals surface area contributed by atoms with Gasteiger partial charge < -0.3 is 4.90 Å². The van der Waals surface area contributed by atoms with Crippen molar-refractivity contribution in [1.29, 1.82) is 0 Å². The summed E-state index contributed by atoms with van der Waals surface area (Å²) in [6.45, 7) is 9.61. The van der Waals surface area contributed by atoms with Crippen LogP contribution in [0.2, 0.25) is 0 Å². The Labute approximate surface area is 301 Å². The predicted octanol–water partition coefficient (Wildman–Crippen LogP) is 13.1. The second kappa shape index (κ2) is 10.7. The average Bonchev–Trinajstić information content (AvgIpc) is 3.68. The van der Waals surface area contributed by atoms with Crippen LogP contribution in [0.4, 0.5) is 17.1 Å². The van der Waals surface area contributed by atoms with Crippen molar-refractivity contribution in [2.75, 3.05) is 4.90 Å². The van der Waals surface area contributed by atoms with Crippen molar-refractivity contribution < 1.29 is 0 Å². The van der Waals surface area contributed by atoms with Gasteiger partial charge in [-0.15, -0.1) is 0 Å². The Hall–Kier alpha value is -5.66. The van der Waals surface area contributed by atoms with Gasteiger partial charge in [0, 0.05) is 27.8 Å². The van der Waals surface area contributed by atoms with Gasteiger partial charge in [0.05, 0.1) is 5.69 Å². The first-order valence-electron chi connectivity index (χ1n) is 18.3. The lowest BCUT2D eigenvalue weighted by atomic mass is 9.71. The highest BCUT2D eigenvalue weighted by Gasteiger charge is 2.54. The van der Waals surface area contributed by atoms with Crippen molar-refractivity contribution in [3.63, 3.8) is 0 Å². The summed E-state index contributed by atoms with van der Waals surface area (Å²) in [5, 5.41) is 0. The Morgan fingerprint density at radius 3 is 1.59 bits per heavy atom. The molecule has 0 aliphatic heterocycles. The Morgan fingerprint density at radius 1 is 0.392 bits per heavy atom. The van der Waals surface area contributed by atoms with Crippen molar-refractivity contribution in [3.8, 4) is 33.4 Å². The van der Waals surface area contributed by atoms with E-state index in [4.69, 9.17) is 0 Å². The summed E-state index contributed by atoms with van der Waals surface area (Å²) >= 11 is 0. The van der Waals surface area contributed by atoms with E-state index < -0.39 is 0 Å². The SMILES string of the molecule is CC1(C)CC2(c3ccccc3-c3ccc(N(c4ccc5c(c4)C(C)(C)c4ccccc4-5)c4ccccc4-c4ccccc4)cc32)c2ccccc21. The molecule has 1 unspecified atom stereocenters. The molecule has 0 heterocycles. The van der Waals surface area contributed by atoms with E-state index in [9.17, 15) is 0 Å². The zero-order valence-corrected chi connectivity index (χ0v) is 29.7. The lowest BCUT2D eigenvalue weighted by molar-refractivity contribution is 0.449. The maximum Gasteiger partial charge on any atom is 0.0540 e. The molecule has 0 amide bonds. The summed E-state index contributed by atoms with van der Waals surface area (Å²) in [6, 6.07) is 61.5. The summed E-state index contributed by atoms with van der Waals surface area (Å²) in [5.74, 6) is 0. The topological polar surface area (TPSA) is 3.24 Å². The number of anilines is 3. The van der Waals surface area contributed by atoms with Gasteiger partial charge in [-0.05, 0) is 103 Å². The molecule has 0 radical (unpaired) electrons. The highest BCUT2D eigenvalue weighted by Crippen LogP contribution is 2.63. The summed E-state index contributed by atoms with van der Waals surface area (Å²) in [5.41, 5.74) is 19.6. The van der Waals surface area contributed by atoms with E-state index in [0.717, 1.165) is 6.42 Å². The van der Waals surface area contributed by atoms with Gasteiger partial charge in [0.1, 0.15) is 0 Å². The van der Waals surface area contributed by atoms with Crippen LogP contribution in [0.15, 0.2) is 164 Å². The molecule has 0 bridgehead atoms. The van der Waals surface area contributed by atoms with Crippen molar-refractivity contribution in [2.45, 2.75) is 50.4 Å². The molecule has 51 heavy (non-hydrogen) atoms. The molecular weight excluding hydrogens is 615 g/mol. The zero-order valence-electron chi connectivity index (χ0n) is 29.7. The maximum atomic E-state index is 2.53. The van der Waals surface area contributed by atoms with Crippen LogP contribution in [0.1, 0.15) is 67.5 Å². The van der Waals surface area contributed by atoms with Crippen LogP contribution >= 0.6 is 0 Å². The van der Waals surface area contributed by atoms with Gasteiger partial charge in [0.25, 0.3) is 0 Å². The predicted molar refractivity (Wildman–Crippen MR) is 214 cm³/mol. The molecule has 0 N–H and O–H groups in total. The van der Waals surface area contributed by atoms with Gasteiger partial charge in [0.2, 0.25) is 0 Å². The summed E-state index contributed by atoms with van der Waals surface area (Å²) in [4.78, 5) is 2.52. The summed E-state index contributed by atoms with van der Waals surface area (Å²) < 4.78 is 0. The molecule has 7 aromatic carbocycles. The number of rotatable bonds is 4. The van der Waals surface area contributed by atoms with Crippen LogP contribution in [0.5, 0.6) is 0 Å². The van der Waals surface area contributed by atoms with E-state index in [1.807, 2.05) is 0 Å². The molecular formula is C50H41N. The average molecular weight is 656 g/mol. The second-order valence-corrected chi connectivity index (χ2v) is 15.9. The van der Waals surface area contributed by atoms with E-state index in [1.54, 1.807) is 0 Å². The Balaban J connectivity index is 1.24. The first-order valence-corrected chi connectivity index (χ1v) is 18.3. The lowest BCUT2D eigenvalue weighted by Gasteiger charge is -2.33.